The number of nitrogens with zero attached hydrogens (tertiary/aromatic N) is 2. The van der Waals surface area contributed by atoms with Crippen molar-refractivity contribution in [1.29, 1.82) is 0 Å². The number of thioether (sulfide) groups is 1. The highest BCUT2D eigenvalue weighted by Gasteiger charge is 2.33. The molecule has 0 atom stereocenters. The molecule has 1 N–H and O–H groups in total. The van der Waals surface area contributed by atoms with Crippen molar-refractivity contribution >= 4 is 35.0 Å². The van der Waals surface area contributed by atoms with Crippen LogP contribution in [0.4, 0.5) is 23.2 Å². The zero-order valence-corrected chi connectivity index (χ0v) is 16.1. The number of benzene rings is 2. The Kier molecular flexibility index (Phi) is 6.39. The van der Waals surface area contributed by atoms with Crippen LogP contribution in [0.3, 0.4) is 0 Å². The van der Waals surface area contributed by atoms with Gasteiger partial charge in [0.1, 0.15) is 5.82 Å². The number of carbonyl (C=O) groups excluding carboxylic acids is 1. The largest absolute Gasteiger partial charge is 0.418 e. The van der Waals surface area contributed by atoms with E-state index in [-0.39, 0.29) is 21.7 Å². The molecule has 1 heterocycles. The van der Waals surface area contributed by atoms with E-state index in [0.29, 0.717) is 5.75 Å². The van der Waals surface area contributed by atoms with Crippen LogP contribution in [0.1, 0.15) is 21.6 Å². The van der Waals surface area contributed by atoms with E-state index in [1.54, 1.807) is 12.1 Å². The molecule has 1 aromatic heterocycles. The molecule has 0 radical (unpaired) electrons. The van der Waals surface area contributed by atoms with Gasteiger partial charge in [-0.1, -0.05) is 47.6 Å². The number of anilines is 1. The molecule has 0 spiro atoms. The van der Waals surface area contributed by atoms with Crippen LogP contribution in [0, 0.1) is 5.82 Å². The first-order valence-corrected chi connectivity index (χ1v) is 9.48. The minimum Gasteiger partial charge on any atom is -0.320 e. The zero-order chi connectivity index (χ0) is 21.0. The topological polar surface area (TPSA) is 54.9 Å². The maximum atomic E-state index is 13.1. The number of hydrogen-bond acceptors (Lipinski definition) is 4. The maximum Gasteiger partial charge on any atom is 0.418 e. The smallest absolute Gasteiger partial charge is 0.320 e. The van der Waals surface area contributed by atoms with Gasteiger partial charge in [0.2, 0.25) is 0 Å². The molecule has 0 aliphatic heterocycles. The SMILES string of the molecule is O=C(Nc1ccccc1C(F)(F)F)c1nc(SCc2ccc(F)cc2)ncc1Cl. The summed E-state index contributed by atoms with van der Waals surface area (Å²) in [5, 5.41) is 2.30. The number of amides is 1. The highest BCUT2D eigenvalue weighted by Crippen LogP contribution is 2.35. The molecule has 0 fully saturated rings. The number of alkyl halides is 3. The number of aromatic nitrogens is 2. The van der Waals surface area contributed by atoms with Crippen molar-refractivity contribution in [3.05, 3.63) is 82.4 Å². The Morgan fingerprint density at radius 1 is 1.10 bits per heavy atom. The van der Waals surface area contributed by atoms with Crippen molar-refractivity contribution in [3.63, 3.8) is 0 Å². The molecule has 3 aromatic rings. The molecule has 0 saturated carbocycles. The summed E-state index contributed by atoms with van der Waals surface area (Å²) in [6, 6.07) is 10.4. The van der Waals surface area contributed by atoms with Gasteiger partial charge in [-0.05, 0) is 29.8 Å². The molecule has 4 nitrogen and oxygen atoms in total. The second-order valence-corrected chi connectivity index (χ2v) is 7.11. The molecule has 0 saturated heterocycles. The standard InChI is InChI=1S/C19H12ClF4N3OS/c20-14-9-25-18(29-10-11-5-7-12(21)8-6-11)27-16(14)17(28)26-15-4-2-1-3-13(15)19(22,23)24/h1-9H,10H2,(H,26,28). The first kappa shape index (κ1) is 21.1. The first-order valence-electron chi connectivity index (χ1n) is 8.11. The molecule has 1 amide bonds. The minimum absolute atomic E-state index is 0.0990. The van der Waals surface area contributed by atoms with Crippen LogP contribution in [-0.4, -0.2) is 15.9 Å². The summed E-state index contributed by atoms with van der Waals surface area (Å²) in [5.74, 6) is -0.850. The molecule has 10 heteroatoms. The number of para-hydroxylation sites is 1. The number of halogens is 5. The Hall–Kier alpha value is -2.65. The predicted molar refractivity (Wildman–Crippen MR) is 102 cm³/mol. The van der Waals surface area contributed by atoms with Gasteiger partial charge >= 0.3 is 6.18 Å². The number of carbonyl (C=O) groups is 1. The molecule has 0 bridgehead atoms. The van der Waals surface area contributed by atoms with E-state index in [0.717, 1.165) is 17.7 Å². The molecule has 29 heavy (non-hydrogen) atoms. The van der Waals surface area contributed by atoms with Gasteiger partial charge in [0.05, 0.1) is 22.5 Å². The van der Waals surface area contributed by atoms with E-state index < -0.39 is 23.3 Å². The van der Waals surface area contributed by atoms with Gasteiger partial charge in [0.25, 0.3) is 5.91 Å². The molecular formula is C19H12ClF4N3OS. The van der Waals surface area contributed by atoms with E-state index in [1.165, 1.54) is 42.2 Å². The van der Waals surface area contributed by atoms with E-state index in [4.69, 9.17) is 11.6 Å². The van der Waals surface area contributed by atoms with Crippen molar-refractivity contribution in [2.45, 2.75) is 17.1 Å². The Morgan fingerprint density at radius 2 is 1.79 bits per heavy atom. The van der Waals surface area contributed by atoms with Crippen LogP contribution in [0.25, 0.3) is 0 Å². The van der Waals surface area contributed by atoms with Gasteiger partial charge < -0.3 is 5.32 Å². The van der Waals surface area contributed by atoms with E-state index in [9.17, 15) is 22.4 Å². The van der Waals surface area contributed by atoms with Crippen LogP contribution < -0.4 is 5.32 Å². The lowest BCUT2D eigenvalue weighted by Crippen LogP contribution is -2.18. The van der Waals surface area contributed by atoms with Crippen LogP contribution in [0.15, 0.2) is 59.9 Å². The van der Waals surface area contributed by atoms with Gasteiger partial charge in [-0.15, -0.1) is 0 Å². The zero-order valence-electron chi connectivity index (χ0n) is 14.5. The third kappa shape index (κ3) is 5.45. The Balaban J connectivity index is 1.77. The van der Waals surface area contributed by atoms with Gasteiger partial charge in [-0.2, -0.15) is 13.2 Å². The van der Waals surface area contributed by atoms with Crippen molar-refractivity contribution < 1.29 is 22.4 Å². The summed E-state index contributed by atoms with van der Waals surface area (Å²) >= 11 is 7.13. The Bertz CT molecular complexity index is 1030. The average molecular weight is 442 g/mol. The summed E-state index contributed by atoms with van der Waals surface area (Å²) in [7, 11) is 0. The maximum absolute atomic E-state index is 13.1. The molecule has 150 valence electrons. The van der Waals surface area contributed by atoms with Gasteiger partial charge in [-0.3, -0.25) is 4.79 Å². The fourth-order valence-corrected chi connectivity index (χ4v) is 3.28. The van der Waals surface area contributed by atoms with E-state index >= 15 is 0 Å². The van der Waals surface area contributed by atoms with Crippen molar-refractivity contribution in [1.82, 2.24) is 9.97 Å². The number of rotatable bonds is 5. The summed E-state index contributed by atoms with van der Waals surface area (Å²) in [6.45, 7) is 0. The minimum atomic E-state index is -4.63. The quantitative estimate of drug-likeness (QED) is 0.307. The second kappa shape index (κ2) is 8.79. The number of hydrogen-bond donors (Lipinski definition) is 1. The lowest BCUT2D eigenvalue weighted by atomic mass is 10.1. The van der Waals surface area contributed by atoms with E-state index in [1.807, 2.05) is 0 Å². The van der Waals surface area contributed by atoms with Crippen LogP contribution in [0.5, 0.6) is 0 Å². The van der Waals surface area contributed by atoms with Crippen LogP contribution in [0.2, 0.25) is 5.02 Å². The monoisotopic (exact) mass is 441 g/mol. The second-order valence-electron chi connectivity index (χ2n) is 5.76. The normalized spacial score (nSPS) is 11.3. The fourth-order valence-electron chi connectivity index (χ4n) is 2.33. The molecule has 0 unspecified atom stereocenters. The van der Waals surface area contributed by atoms with Crippen LogP contribution >= 0.6 is 23.4 Å². The summed E-state index contributed by atoms with van der Waals surface area (Å²) in [4.78, 5) is 20.5. The van der Waals surface area contributed by atoms with Crippen molar-refractivity contribution in [3.8, 4) is 0 Å². The summed E-state index contributed by atoms with van der Waals surface area (Å²) in [6.07, 6.45) is -3.43. The Labute approximate surface area is 172 Å². The molecule has 0 aliphatic carbocycles. The molecular weight excluding hydrogens is 430 g/mol. The summed E-state index contributed by atoms with van der Waals surface area (Å²) < 4.78 is 52.3. The van der Waals surface area contributed by atoms with Crippen molar-refractivity contribution in [2.75, 3.05) is 5.32 Å². The molecule has 2 aromatic carbocycles. The highest BCUT2D eigenvalue weighted by molar-refractivity contribution is 7.98. The Morgan fingerprint density at radius 3 is 2.48 bits per heavy atom. The lowest BCUT2D eigenvalue weighted by Gasteiger charge is -2.13. The lowest BCUT2D eigenvalue weighted by molar-refractivity contribution is -0.136. The van der Waals surface area contributed by atoms with Gasteiger partial charge in [0, 0.05) is 5.75 Å². The predicted octanol–water partition coefficient (Wildman–Crippen LogP) is 5.83. The average Bonchev–Trinajstić information content (AvgIpc) is 2.68. The fraction of sp³-hybridized carbons (Fsp3) is 0.105. The van der Waals surface area contributed by atoms with Crippen LogP contribution in [-0.2, 0) is 11.9 Å². The molecule has 3 rings (SSSR count). The third-order valence-corrected chi connectivity index (χ3v) is 4.91. The summed E-state index contributed by atoms with van der Waals surface area (Å²) in [5.41, 5.74) is -0.829. The van der Waals surface area contributed by atoms with Crippen molar-refractivity contribution in [2.24, 2.45) is 0 Å². The first-order chi connectivity index (χ1) is 13.7. The van der Waals surface area contributed by atoms with Gasteiger partial charge in [-0.25, -0.2) is 14.4 Å². The van der Waals surface area contributed by atoms with E-state index in [2.05, 4.69) is 15.3 Å². The number of nitrogens with one attached hydrogen (secondary N) is 1. The van der Waals surface area contributed by atoms with Gasteiger partial charge in [0.15, 0.2) is 10.9 Å². The molecule has 0 aliphatic rings. The third-order valence-electron chi connectivity index (χ3n) is 3.70. The highest BCUT2D eigenvalue weighted by atomic mass is 35.5.